The van der Waals surface area contributed by atoms with Crippen LogP contribution in [0.5, 0.6) is 0 Å². The predicted molar refractivity (Wildman–Crippen MR) is 253 cm³/mol. The highest BCUT2D eigenvalue weighted by atomic mass is 15.2. The van der Waals surface area contributed by atoms with Gasteiger partial charge in [0.1, 0.15) is 11.5 Å². The minimum absolute atomic E-state index is 0.00700. The highest BCUT2D eigenvalue weighted by Gasteiger charge is 2.23. The van der Waals surface area contributed by atoms with E-state index in [1.54, 1.807) is 0 Å². The average molecular weight is 781 g/mol. The Balaban J connectivity index is 1.02. The fraction of sp³-hybridized carbons (Fsp3) is 0.0175. The summed E-state index contributed by atoms with van der Waals surface area (Å²) in [5.41, 5.74) is 16.5. The molecule has 0 fully saturated rings. The number of nitrogens with zero attached hydrogens (tertiary/aromatic N) is 3. The van der Waals surface area contributed by atoms with Crippen molar-refractivity contribution in [2.75, 3.05) is 0 Å². The van der Waals surface area contributed by atoms with Gasteiger partial charge in [0.2, 0.25) is 0 Å². The Bertz CT molecular complexity index is 3230. The molecule has 1 unspecified atom stereocenters. The van der Waals surface area contributed by atoms with Gasteiger partial charge in [-0.2, -0.15) is 5.10 Å². The van der Waals surface area contributed by atoms with Crippen molar-refractivity contribution < 1.29 is 0 Å². The lowest BCUT2D eigenvalue weighted by Crippen LogP contribution is -2.31. The first-order chi connectivity index (χ1) is 30.2. The molecular formula is C57H40N4. The molecule has 1 N–H and O–H groups in total. The predicted octanol–water partition coefficient (Wildman–Crippen LogP) is 14.0. The van der Waals surface area contributed by atoms with Gasteiger partial charge in [-0.05, 0) is 62.5 Å². The van der Waals surface area contributed by atoms with Crippen LogP contribution in [0.2, 0.25) is 0 Å². The summed E-state index contributed by atoms with van der Waals surface area (Å²) in [7, 11) is 0. The van der Waals surface area contributed by atoms with Crippen molar-refractivity contribution in [2.24, 2.45) is 4.99 Å². The summed E-state index contributed by atoms with van der Waals surface area (Å²) in [5.74, 6) is 0.857. The number of fused-ring (bicyclic) bond motifs is 3. The van der Waals surface area contributed by atoms with Gasteiger partial charge in [0, 0.05) is 27.6 Å². The number of aliphatic imine (C=N–C) groups is 1. The van der Waals surface area contributed by atoms with Crippen molar-refractivity contribution in [1.82, 2.24) is 14.9 Å². The van der Waals surface area contributed by atoms with Gasteiger partial charge >= 0.3 is 0 Å². The number of hydrogen-bond acceptors (Lipinski definition) is 3. The smallest absolute Gasteiger partial charge is 0.134 e. The van der Waals surface area contributed by atoms with Gasteiger partial charge in [0.25, 0.3) is 0 Å². The molecule has 0 spiro atoms. The molecule has 0 aliphatic carbocycles. The molecule has 1 aliphatic heterocycles. The lowest BCUT2D eigenvalue weighted by Gasteiger charge is -2.24. The van der Waals surface area contributed by atoms with Crippen LogP contribution >= 0.6 is 0 Å². The van der Waals surface area contributed by atoms with Crippen molar-refractivity contribution in [2.45, 2.75) is 6.04 Å². The number of pyridine rings is 1. The number of amidine groups is 1. The molecule has 0 radical (unpaired) electrons. The van der Waals surface area contributed by atoms with E-state index in [0.717, 1.165) is 83.9 Å². The SMILES string of the molecule is C1=C(c2ccccc2)N=C(c2cccc(-c3ccc(-c4cccc5c4cc(-c4ccccc4)n4nc(-c6ccccc6)c(-c6ccccc6)c54)cc3)c2)NC1c1ccccc1. The Morgan fingerprint density at radius 3 is 1.66 bits per heavy atom. The molecule has 0 amide bonds. The summed E-state index contributed by atoms with van der Waals surface area (Å²) in [6.07, 6.45) is 2.22. The minimum atomic E-state index is -0.00700. The van der Waals surface area contributed by atoms with E-state index in [1.165, 1.54) is 16.5 Å². The maximum atomic E-state index is 5.41. The van der Waals surface area contributed by atoms with Crippen LogP contribution < -0.4 is 5.32 Å². The van der Waals surface area contributed by atoms with Crippen LogP contribution in [0.3, 0.4) is 0 Å². The Kier molecular flexibility index (Phi) is 9.21. The number of hydrogen-bond donors (Lipinski definition) is 1. The average Bonchev–Trinajstić information content (AvgIpc) is 3.76. The maximum Gasteiger partial charge on any atom is 0.134 e. The molecule has 10 aromatic rings. The fourth-order valence-electron chi connectivity index (χ4n) is 8.69. The second-order valence-electron chi connectivity index (χ2n) is 15.4. The summed E-state index contributed by atoms with van der Waals surface area (Å²) in [6, 6.07) is 79.5. The quantitative estimate of drug-likeness (QED) is 0.167. The Morgan fingerprint density at radius 1 is 0.410 bits per heavy atom. The van der Waals surface area contributed by atoms with Crippen LogP contribution in [0.1, 0.15) is 22.7 Å². The standard InChI is InChI=1S/C57H40N4/c1-6-18-41(19-7-1)51-38-52(42-20-8-2-9-21-42)59-57(58-51)47-29-16-28-46(36-47)39-32-34-40(35-33-39)48-30-17-31-49-50(48)37-53(43-22-10-3-11-23-43)61-56(49)54(44-24-12-4-13-25-44)55(60-61)45-26-14-5-15-27-45/h1-38,51H,(H,58,59). The first kappa shape index (κ1) is 36.0. The summed E-state index contributed by atoms with van der Waals surface area (Å²) in [5, 5.41) is 11.5. The minimum Gasteiger partial charge on any atom is -0.359 e. The van der Waals surface area contributed by atoms with Crippen LogP contribution in [0.25, 0.3) is 77.9 Å². The Hall–Kier alpha value is -8.08. The summed E-state index contributed by atoms with van der Waals surface area (Å²) in [6.45, 7) is 0. The molecule has 1 atom stereocenters. The van der Waals surface area contributed by atoms with Crippen molar-refractivity contribution in [3.8, 4) is 55.9 Å². The van der Waals surface area contributed by atoms with Crippen LogP contribution in [0, 0.1) is 0 Å². The topological polar surface area (TPSA) is 41.7 Å². The summed E-state index contributed by atoms with van der Waals surface area (Å²) in [4.78, 5) is 5.17. The zero-order valence-corrected chi connectivity index (χ0v) is 33.4. The zero-order chi connectivity index (χ0) is 40.5. The van der Waals surface area contributed by atoms with Gasteiger partial charge in [0.15, 0.2) is 0 Å². The second-order valence-corrected chi connectivity index (χ2v) is 15.4. The van der Waals surface area contributed by atoms with Crippen LogP contribution in [0.15, 0.2) is 236 Å². The molecule has 1 aliphatic rings. The van der Waals surface area contributed by atoms with Gasteiger partial charge in [-0.15, -0.1) is 0 Å². The summed E-state index contributed by atoms with van der Waals surface area (Å²) < 4.78 is 2.16. The van der Waals surface area contributed by atoms with Gasteiger partial charge in [-0.25, -0.2) is 9.51 Å². The van der Waals surface area contributed by atoms with E-state index in [9.17, 15) is 0 Å². The molecule has 288 valence electrons. The number of rotatable bonds is 8. The molecule has 2 aromatic heterocycles. The molecule has 11 rings (SSSR count). The molecule has 4 nitrogen and oxygen atoms in total. The molecule has 3 heterocycles. The van der Waals surface area contributed by atoms with Crippen molar-refractivity contribution in [1.29, 1.82) is 0 Å². The van der Waals surface area contributed by atoms with E-state index in [4.69, 9.17) is 10.1 Å². The second kappa shape index (κ2) is 15.6. The van der Waals surface area contributed by atoms with Crippen molar-refractivity contribution in [3.05, 3.63) is 247 Å². The van der Waals surface area contributed by atoms with Gasteiger partial charge in [-0.1, -0.05) is 212 Å². The third kappa shape index (κ3) is 6.80. The maximum absolute atomic E-state index is 5.41. The third-order valence-electron chi connectivity index (χ3n) is 11.7. The Morgan fingerprint density at radius 2 is 0.967 bits per heavy atom. The van der Waals surface area contributed by atoms with E-state index in [1.807, 2.05) is 6.07 Å². The lowest BCUT2D eigenvalue weighted by molar-refractivity contribution is 0.781. The van der Waals surface area contributed by atoms with Crippen LogP contribution in [-0.4, -0.2) is 15.4 Å². The third-order valence-corrected chi connectivity index (χ3v) is 11.7. The van der Waals surface area contributed by atoms with Gasteiger partial charge in [-0.3, -0.25) is 0 Å². The fourth-order valence-corrected chi connectivity index (χ4v) is 8.69. The number of nitrogens with one attached hydrogen (secondary N) is 1. The van der Waals surface area contributed by atoms with Gasteiger partial charge < -0.3 is 5.32 Å². The molecule has 0 saturated heterocycles. The van der Waals surface area contributed by atoms with E-state index in [0.29, 0.717) is 0 Å². The molecule has 4 heteroatoms. The first-order valence-electron chi connectivity index (χ1n) is 20.8. The van der Waals surface area contributed by atoms with E-state index >= 15 is 0 Å². The molecule has 8 aromatic carbocycles. The van der Waals surface area contributed by atoms with E-state index in [2.05, 4.69) is 234 Å². The van der Waals surface area contributed by atoms with E-state index in [-0.39, 0.29) is 6.04 Å². The summed E-state index contributed by atoms with van der Waals surface area (Å²) >= 11 is 0. The van der Waals surface area contributed by atoms with Crippen LogP contribution in [0.4, 0.5) is 0 Å². The van der Waals surface area contributed by atoms with Crippen molar-refractivity contribution >= 4 is 27.8 Å². The number of aromatic nitrogens is 2. The van der Waals surface area contributed by atoms with Crippen LogP contribution in [-0.2, 0) is 0 Å². The Labute approximate surface area is 355 Å². The normalized spacial score (nSPS) is 13.7. The first-order valence-corrected chi connectivity index (χ1v) is 20.8. The lowest BCUT2D eigenvalue weighted by atomic mass is 9.92. The zero-order valence-electron chi connectivity index (χ0n) is 33.4. The molecule has 0 saturated carbocycles. The highest BCUT2D eigenvalue weighted by Crippen LogP contribution is 2.43. The number of benzene rings is 8. The molecule has 61 heavy (non-hydrogen) atoms. The van der Waals surface area contributed by atoms with E-state index < -0.39 is 0 Å². The largest absolute Gasteiger partial charge is 0.359 e. The highest BCUT2D eigenvalue weighted by molar-refractivity contribution is 6.12. The van der Waals surface area contributed by atoms with Gasteiger partial charge in [0.05, 0.1) is 22.9 Å². The van der Waals surface area contributed by atoms with Crippen molar-refractivity contribution in [3.63, 3.8) is 0 Å². The molecule has 0 bridgehead atoms. The molecular weight excluding hydrogens is 741 g/mol. The monoisotopic (exact) mass is 780 g/mol.